The van der Waals surface area contributed by atoms with Crippen molar-refractivity contribution in [1.29, 1.82) is 5.26 Å². The van der Waals surface area contributed by atoms with Gasteiger partial charge in [-0.3, -0.25) is 23.3 Å². The number of rotatable bonds is 12. The number of benzene rings is 2. The summed E-state index contributed by atoms with van der Waals surface area (Å²) in [5, 5.41) is 31.8. The number of pyridine rings is 1. The molecule has 0 spiro atoms. The van der Waals surface area contributed by atoms with E-state index in [4.69, 9.17) is 0 Å². The zero-order valence-corrected chi connectivity index (χ0v) is 28.6. The zero-order chi connectivity index (χ0) is 35.1. The smallest absolute Gasteiger partial charge is 0.271 e. The molecule has 5 rings (SSSR count). The third-order valence-corrected chi connectivity index (χ3v) is 10.9. The fraction of sp³-hybridized carbons (Fsp3) is 0.429. The summed E-state index contributed by atoms with van der Waals surface area (Å²) in [4.78, 5) is 38.2. The maximum absolute atomic E-state index is 14.1. The van der Waals surface area contributed by atoms with E-state index in [0.29, 0.717) is 49.5 Å². The Morgan fingerprint density at radius 1 is 1.02 bits per heavy atom. The van der Waals surface area contributed by atoms with E-state index in [-0.39, 0.29) is 46.0 Å². The van der Waals surface area contributed by atoms with Crippen LogP contribution in [-0.2, 0) is 26.2 Å². The Bertz CT molecular complexity index is 1930. The van der Waals surface area contributed by atoms with Gasteiger partial charge in [-0.1, -0.05) is 19.3 Å². The van der Waals surface area contributed by atoms with Gasteiger partial charge in [0.1, 0.15) is 11.6 Å². The minimum absolute atomic E-state index is 0.0496. The lowest BCUT2D eigenvalue weighted by molar-refractivity contribution is -0.127. The summed E-state index contributed by atoms with van der Waals surface area (Å²) < 4.78 is 30.6. The Balaban J connectivity index is 1.38. The molecule has 0 unspecified atom stereocenters. The Labute approximate surface area is 285 Å². The minimum Gasteiger partial charge on any atom is -0.493 e. The summed E-state index contributed by atoms with van der Waals surface area (Å²) >= 11 is 0. The van der Waals surface area contributed by atoms with Gasteiger partial charge in [0.15, 0.2) is 5.69 Å². The topological polar surface area (TPSA) is 178 Å². The van der Waals surface area contributed by atoms with Crippen molar-refractivity contribution in [2.75, 3.05) is 29.3 Å². The lowest BCUT2D eigenvalue weighted by Crippen LogP contribution is -2.36. The Kier molecular flexibility index (Phi) is 11.1. The number of nitrogens with one attached hydrogen (secondary N) is 1. The third-order valence-electron chi connectivity index (χ3n) is 9.06. The van der Waals surface area contributed by atoms with Crippen LogP contribution in [0.4, 0.5) is 22.7 Å². The van der Waals surface area contributed by atoms with Crippen molar-refractivity contribution in [3.05, 3.63) is 70.0 Å². The highest BCUT2D eigenvalue weighted by molar-refractivity contribution is 7.92. The number of amides is 2. The molecule has 49 heavy (non-hydrogen) atoms. The summed E-state index contributed by atoms with van der Waals surface area (Å²) in [6.45, 7) is 4.39. The molecule has 1 aromatic heterocycles. The number of aromatic hydroxyl groups is 1. The molecule has 1 aliphatic heterocycles. The molecule has 1 saturated carbocycles. The molecule has 14 heteroatoms. The Hall–Kier alpha value is -5.03. The number of sulfonamides is 1. The molecule has 0 bridgehead atoms. The number of azo groups is 1. The van der Waals surface area contributed by atoms with Gasteiger partial charge in [-0.15, -0.1) is 5.11 Å². The molecule has 2 fully saturated rings. The van der Waals surface area contributed by atoms with Crippen LogP contribution in [0.3, 0.4) is 0 Å². The SMILES string of the molecule is CC(=O)Nc1ccc(N(CC2CCCCC2)S(=O)(=O)c2ccc(/N=N/c3c(C)c(C#N)c(=O)n(CCCN4CCCC4=O)c3O)cc2)cc1. The first-order chi connectivity index (χ1) is 23.5. The van der Waals surface area contributed by atoms with E-state index in [1.807, 2.05) is 6.07 Å². The highest BCUT2D eigenvalue weighted by atomic mass is 32.2. The van der Waals surface area contributed by atoms with E-state index in [1.165, 1.54) is 42.4 Å². The normalized spacial score (nSPS) is 15.4. The fourth-order valence-corrected chi connectivity index (χ4v) is 7.95. The summed E-state index contributed by atoms with van der Waals surface area (Å²) in [6.07, 6.45) is 6.83. The van der Waals surface area contributed by atoms with Crippen LogP contribution in [0.25, 0.3) is 0 Å². The molecule has 2 aliphatic rings. The van der Waals surface area contributed by atoms with Gasteiger partial charge in [0.2, 0.25) is 17.7 Å². The van der Waals surface area contributed by atoms with Gasteiger partial charge in [0, 0.05) is 50.8 Å². The molecule has 1 aliphatic carbocycles. The quantitative estimate of drug-likeness (QED) is 0.223. The Morgan fingerprint density at radius 3 is 2.33 bits per heavy atom. The average molecular weight is 688 g/mol. The van der Waals surface area contributed by atoms with Crippen molar-refractivity contribution < 1.29 is 23.1 Å². The summed E-state index contributed by atoms with van der Waals surface area (Å²) in [7, 11) is -3.99. The highest BCUT2D eigenvalue weighted by Crippen LogP contribution is 2.34. The van der Waals surface area contributed by atoms with E-state index >= 15 is 0 Å². The van der Waals surface area contributed by atoms with Crippen molar-refractivity contribution in [2.24, 2.45) is 16.1 Å². The van der Waals surface area contributed by atoms with Crippen LogP contribution in [0.5, 0.6) is 5.88 Å². The van der Waals surface area contributed by atoms with Crippen molar-refractivity contribution in [3.8, 4) is 11.9 Å². The van der Waals surface area contributed by atoms with Crippen molar-refractivity contribution >= 4 is 44.6 Å². The second-order valence-electron chi connectivity index (χ2n) is 12.5. The second kappa shape index (κ2) is 15.5. The van der Waals surface area contributed by atoms with Crippen LogP contribution in [0.2, 0.25) is 0 Å². The van der Waals surface area contributed by atoms with E-state index < -0.39 is 21.5 Å². The number of carbonyl (C=O) groups excluding carboxylic acids is 2. The van der Waals surface area contributed by atoms with Crippen molar-refractivity contribution in [1.82, 2.24) is 9.47 Å². The van der Waals surface area contributed by atoms with Crippen molar-refractivity contribution in [2.45, 2.75) is 76.7 Å². The predicted molar refractivity (Wildman–Crippen MR) is 185 cm³/mol. The molecular formula is C35H41N7O6S. The molecule has 1 saturated heterocycles. The first-order valence-electron chi connectivity index (χ1n) is 16.6. The Morgan fingerprint density at radius 2 is 1.71 bits per heavy atom. The number of hydrogen-bond acceptors (Lipinski definition) is 9. The predicted octanol–water partition coefficient (Wildman–Crippen LogP) is 5.90. The summed E-state index contributed by atoms with van der Waals surface area (Å²) in [5.41, 5.74) is 0.645. The third kappa shape index (κ3) is 8.17. The summed E-state index contributed by atoms with van der Waals surface area (Å²) in [5.74, 6) is -0.395. The van der Waals surface area contributed by atoms with Crippen LogP contribution in [0.1, 0.15) is 69.4 Å². The highest BCUT2D eigenvalue weighted by Gasteiger charge is 2.29. The van der Waals surface area contributed by atoms with Crippen LogP contribution in [0, 0.1) is 24.2 Å². The average Bonchev–Trinajstić information content (AvgIpc) is 3.50. The van der Waals surface area contributed by atoms with Gasteiger partial charge in [0.05, 0.1) is 16.3 Å². The van der Waals surface area contributed by atoms with Crippen LogP contribution in [-0.4, -0.2) is 54.4 Å². The second-order valence-corrected chi connectivity index (χ2v) is 14.4. The number of anilines is 2. The number of likely N-dealkylation sites (tertiary alicyclic amines) is 1. The van der Waals surface area contributed by atoms with Crippen molar-refractivity contribution in [3.63, 3.8) is 0 Å². The van der Waals surface area contributed by atoms with Gasteiger partial charge in [-0.05, 0) is 87.1 Å². The van der Waals surface area contributed by atoms with Gasteiger partial charge < -0.3 is 15.3 Å². The molecule has 2 amide bonds. The van der Waals surface area contributed by atoms with Gasteiger partial charge in [-0.2, -0.15) is 10.4 Å². The molecule has 258 valence electrons. The fourth-order valence-electron chi connectivity index (χ4n) is 6.41. The van der Waals surface area contributed by atoms with Crippen LogP contribution in [0.15, 0.2) is 68.4 Å². The molecule has 2 aromatic carbocycles. The maximum Gasteiger partial charge on any atom is 0.271 e. The van der Waals surface area contributed by atoms with E-state index in [1.54, 1.807) is 29.2 Å². The first-order valence-corrected chi connectivity index (χ1v) is 18.0. The molecule has 13 nitrogen and oxygen atoms in total. The van der Waals surface area contributed by atoms with Gasteiger partial charge in [-0.25, -0.2) is 8.42 Å². The van der Waals surface area contributed by atoms with Crippen LogP contribution < -0.4 is 15.2 Å². The largest absolute Gasteiger partial charge is 0.493 e. The monoisotopic (exact) mass is 687 g/mol. The number of hydrogen-bond donors (Lipinski definition) is 2. The lowest BCUT2D eigenvalue weighted by Gasteiger charge is -2.31. The lowest BCUT2D eigenvalue weighted by atomic mass is 9.89. The molecule has 0 atom stereocenters. The minimum atomic E-state index is -3.99. The van der Waals surface area contributed by atoms with Gasteiger partial charge in [0.25, 0.3) is 15.6 Å². The standard InChI is InChI=1S/C35H41N7O6S/c1-24-31(22-36)34(45)41(21-7-20-40-19-6-10-32(40)44)35(46)33(24)39-38-28-13-17-30(18-14-28)49(47,48)42(23-26-8-4-3-5-9-26)29-15-11-27(12-16-29)37-25(2)43/h11-18,26,46H,3-10,19-21,23H2,1-2H3,(H,37,43)/b39-38+. The van der Waals surface area contributed by atoms with E-state index in [0.717, 1.165) is 43.1 Å². The maximum atomic E-state index is 14.1. The van der Waals surface area contributed by atoms with Crippen LogP contribution >= 0.6 is 0 Å². The molecule has 2 heterocycles. The zero-order valence-electron chi connectivity index (χ0n) is 27.8. The number of nitriles is 1. The van der Waals surface area contributed by atoms with Gasteiger partial charge >= 0.3 is 0 Å². The number of carbonyl (C=O) groups is 2. The number of aromatic nitrogens is 1. The number of nitrogens with zero attached hydrogens (tertiary/aromatic N) is 6. The molecule has 2 N–H and O–H groups in total. The van der Waals surface area contributed by atoms with E-state index in [9.17, 15) is 33.2 Å². The molecular weight excluding hydrogens is 646 g/mol. The van der Waals surface area contributed by atoms with E-state index in [2.05, 4.69) is 15.5 Å². The summed E-state index contributed by atoms with van der Waals surface area (Å²) in [6, 6.07) is 14.5. The molecule has 3 aromatic rings. The molecule has 0 radical (unpaired) electrons. The first kappa shape index (κ1) is 35.3.